The molecule has 25 heavy (non-hydrogen) atoms. The molecule has 8 heteroatoms. The molecule has 0 fully saturated rings. The third-order valence-corrected chi connectivity index (χ3v) is 3.85. The number of carbonyl (C=O) groups is 1. The molecule has 0 spiro atoms. The molecule has 0 aromatic heterocycles. The van der Waals surface area contributed by atoms with Crippen LogP contribution in [0.5, 0.6) is 5.75 Å². The van der Waals surface area contributed by atoms with Gasteiger partial charge in [-0.3, -0.25) is 9.69 Å². The van der Waals surface area contributed by atoms with Crippen LogP contribution < -0.4 is 9.64 Å². The first kappa shape index (κ1) is 17.2. The Labute approximate surface area is 140 Å². The average Bonchev–Trinajstić information content (AvgIpc) is 2.54. The fraction of sp³-hybridized carbons (Fsp3) is 0.235. The lowest BCUT2D eigenvalue weighted by atomic mass is 10.1. The second kappa shape index (κ2) is 6.03. The maximum Gasteiger partial charge on any atom is 0.483 e. The SMILES string of the molecule is C[C@@H](O)c1cccc2c1OC(F)(F)C(=O)N2Cc1cccc(F)c1F. The lowest BCUT2D eigenvalue weighted by Crippen LogP contribution is -2.50. The van der Waals surface area contributed by atoms with E-state index in [9.17, 15) is 27.5 Å². The first-order valence-corrected chi connectivity index (χ1v) is 7.35. The first-order chi connectivity index (χ1) is 11.7. The van der Waals surface area contributed by atoms with Gasteiger partial charge in [0.05, 0.1) is 18.3 Å². The number of aliphatic hydroxyl groups is 1. The summed E-state index contributed by atoms with van der Waals surface area (Å²) in [7, 11) is 0. The van der Waals surface area contributed by atoms with E-state index in [-0.39, 0.29) is 22.6 Å². The van der Waals surface area contributed by atoms with Crippen LogP contribution in [0.1, 0.15) is 24.2 Å². The van der Waals surface area contributed by atoms with Gasteiger partial charge >= 0.3 is 12.0 Å². The maximum atomic E-state index is 14.0. The van der Waals surface area contributed by atoms with Gasteiger partial charge in [0.15, 0.2) is 17.4 Å². The number of aliphatic hydroxyl groups excluding tert-OH is 1. The summed E-state index contributed by atoms with van der Waals surface area (Å²) in [5.41, 5.74) is -0.271. The van der Waals surface area contributed by atoms with E-state index in [1.165, 1.54) is 37.3 Å². The van der Waals surface area contributed by atoms with Crippen LogP contribution in [0.3, 0.4) is 0 Å². The molecule has 1 atom stereocenters. The third-order valence-electron chi connectivity index (χ3n) is 3.85. The zero-order chi connectivity index (χ0) is 18.4. The highest BCUT2D eigenvalue weighted by molar-refractivity contribution is 6.01. The molecule has 2 aromatic rings. The van der Waals surface area contributed by atoms with E-state index in [2.05, 4.69) is 4.74 Å². The number of ether oxygens (including phenoxy) is 1. The molecule has 1 aliphatic rings. The number of para-hydroxylation sites is 1. The van der Waals surface area contributed by atoms with Gasteiger partial charge in [0.1, 0.15) is 0 Å². The Morgan fingerprint density at radius 3 is 2.56 bits per heavy atom. The lowest BCUT2D eigenvalue weighted by Gasteiger charge is -2.35. The topological polar surface area (TPSA) is 49.8 Å². The van der Waals surface area contributed by atoms with Crippen molar-refractivity contribution in [2.45, 2.75) is 25.7 Å². The quantitative estimate of drug-likeness (QED) is 0.857. The van der Waals surface area contributed by atoms with Crippen molar-refractivity contribution in [3.8, 4) is 5.75 Å². The molecule has 132 valence electrons. The molecular formula is C17H13F4NO3. The van der Waals surface area contributed by atoms with Gasteiger partial charge in [-0.05, 0) is 19.1 Å². The van der Waals surface area contributed by atoms with Crippen molar-refractivity contribution in [2.24, 2.45) is 0 Å². The summed E-state index contributed by atoms with van der Waals surface area (Å²) in [4.78, 5) is 12.7. The predicted molar refractivity (Wildman–Crippen MR) is 80.2 cm³/mol. The van der Waals surface area contributed by atoms with Crippen molar-refractivity contribution >= 4 is 11.6 Å². The van der Waals surface area contributed by atoms with Crippen LogP contribution in [0.15, 0.2) is 36.4 Å². The van der Waals surface area contributed by atoms with E-state index in [4.69, 9.17) is 0 Å². The van der Waals surface area contributed by atoms with Gasteiger partial charge in [0, 0.05) is 11.1 Å². The van der Waals surface area contributed by atoms with Crippen molar-refractivity contribution < 1.29 is 32.2 Å². The molecule has 2 aromatic carbocycles. The van der Waals surface area contributed by atoms with E-state index >= 15 is 0 Å². The number of benzene rings is 2. The molecule has 0 bridgehead atoms. The molecule has 1 amide bonds. The van der Waals surface area contributed by atoms with Crippen LogP contribution in [0.4, 0.5) is 23.2 Å². The number of carbonyl (C=O) groups excluding carboxylic acids is 1. The van der Waals surface area contributed by atoms with Crippen LogP contribution >= 0.6 is 0 Å². The minimum absolute atomic E-state index is 0.0504. The lowest BCUT2D eigenvalue weighted by molar-refractivity contribution is -0.193. The minimum atomic E-state index is -4.19. The van der Waals surface area contributed by atoms with Crippen LogP contribution in [0.2, 0.25) is 0 Å². The zero-order valence-electron chi connectivity index (χ0n) is 13.0. The van der Waals surface area contributed by atoms with Crippen molar-refractivity contribution in [1.29, 1.82) is 0 Å². The molecule has 0 unspecified atom stereocenters. The predicted octanol–water partition coefficient (Wildman–Crippen LogP) is 3.54. The van der Waals surface area contributed by atoms with Gasteiger partial charge in [-0.25, -0.2) is 8.78 Å². The second-order valence-corrected chi connectivity index (χ2v) is 5.59. The van der Waals surface area contributed by atoms with Gasteiger partial charge in [-0.15, -0.1) is 0 Å². The minimum Gasteiger partial charge on any atom is -0.423 e. The number of anilines is 1. The smallest absolute Gasteiger partial charge is 0.423 e. The Morgan fingerprint density at radius 1 is 1.20 bits per heavy atom. The highest BCUT2D eigenvalue weighted by Crippen LogP contribution is 2.44. The summed E-state index contributed by atoms with van der Waals surface area (Å²) in [5.74, 6) is -4.45. The molecule has 4 nitrogen and oxygen atoms in total. The second-order valence-electron chi connectivity index (χ2n) is 5.59. The molecule has 1 aliphatic heterocycles. The standard InChI is InChI=1S/C17H13F4NO3/c1-9(23)11-5-3-7-13-15(11)25-17(20,21)16(24)22(13)8-10-4-2-6-12(18)14(10)19/h2-7,9,23H,8H2,1H3/t9-/m1/s1. The number of amides is 1. The Kier molecular flexibility index (Phi) is 4.16. The molecule has 1 N–H and O–H groups in total. The zero-order valence-corrected chi connectivity index (χ0v) is 13.0. The Bertz CT molecular complexity index is 839. The van der Waals surface area contributed by atoms with Crippen molar-refractivity contribution in [1.82, 2.24) is 0 Å². The fourth-order valence-electron chi connectivity index (χ4n) is 2.63. The summed E-state index contributed by atoms with van der Waals surface area (Å²) in [6, 6.07) is 7.42. The van der Waals surface area contributed by atoms with E-state index in [0.29, 0.717) is 4.90 Å². The van der Waals surface area contributed by atoms with Crippen LogP contribution in [0, 0.1) is 11.6 Å². The summed E-state index contributed by atoms with van der Waals surface area (Å²) in [6.07, 6.45) is -5.33. The monoisotopic (exact) mass is 355 g/mol. The van der Waals surface area contributed by atoms with E-state index in [0.717, 1.165) is 6.07 Å². The summed E-state index contributed by atoms with van der Waals surface area (Å²) in [5, 5.41) is 9.73. The highest BCUT2D eigenvalue weighted by Gasteiger charge is 2.51. The van der Waals surface area contributed by atoms with Crippen LogP contribution in [0.25, 0.3) is 0 Å². The molecule has 0 saturated heterocycles. The largest absolute Gasteiger partial charge is 0.483 e. The molecule has 1 heterocycles. The third kappa shape index (κ3) is 2.93. The van der Waals surface area contributed by atoms with Gasteiger partial charge in [0.25, 0.3) is 0 Å². The fourth-order valence-corrected chi connectivity index (χ4v) is 2.63. The molecule has 0 saturated carbocycles. The Hall–Kier alpha value is -2.61. The van der Waals surface area contributed by atoms with Crippen molar-refractivity contribution in [2.75, 3.05) is 4.90 Å². The molecular weight excluding hydrogens is 342 g/mol. The van der Waals surface area contributed by atoms with Gasteiger partial charge in [0.2, 0.25) is 0 Å². The number of nitrogens with zero attached hydrogens (tertiary/aromatic N) is 1. The Balaban J connectivity index is 2.12. The molecule has 0 aliphatic carbocycles. The van der Waals surface area contributed by atoms with Crippen LogP contribution in [-0.2, 0) is 11.3 Å². The van der Waals surface area contributed by atoms with Crippen molar-refractivity contribution in [3.05, 3.63) is 59.2 Å². The van der Waals surface area contributed by atoms with E-state index in [1.54, 1.807) is 0 Å². The highest BCUT2D eigenvalue weighted by atomic mass is 19.3. The van der Waals surface area contributed by atoms with Gasteiger partial charge in [-0.1, -0.05) is 24.3 Å². The summed E-state index contributed by atoms with van der Waals surface area (Å²) >= 11 is 0. The van der Waals surface area contributed by atoms with Crippen LogP contribution in [-0.4, -0.2) is 17.1 Å². The Morgan fingerprint density at radius 2 is 1.88 bits per heavy atom. The maximum absolute atomic E-state index is 14.0. The number of fused-ring (bicyclic) bond motifs is 1. The summed E-state index contributed by atoms with van der Waals surface area (Å²) in [6.45, 7) is 0.738. The van der Waals surface area contributed by atoms with Gasteiger partial charge < -0.3 is 9.84 Å². The van der Waals surface area contributed by atoms with Crippen molar-refractivity contribution in [3.63, 3.8) is 0 Å². The van der Waals surface area contributed by atoms with Gasteiger partial charge in [-0.2, -0.15) is 8.78 Å². The number of halogens is 4. The first-order valence-electron chi connectivity index (χ1n) is 7.35. The average molecular weight is 355 g/mol. The normalized spacial score (nSPS) is 17.0. The molecule has 0 radical (unpaired) electrons. The number of hydrogen-bond acceptors (Lipinski definition) is 3. The number of hydrogen-bond donors (Lipinski definition) is 1. The van der Waals surface area contributed by atoms with E-state index < -0.39 is 36.3 Å². The number of rotatable bonds is 3. The summed E-state index contributed by atoms with van der Waals surface area (Å²) < 4.78 is 59.7. The molecule has 3 rings (SSSR count). The number of alkyl halides is 2. The van der Waals surface area contributed by atoms with E-state index in [1.807, 2.05) is 0 Å².